The molecule has 1 atom stereocenters. The Morgan fingerprint density at radius 2 is 2.08 bits per heavy atom. The molecular formula is C17H25N3O5S. The van der Waals surface area contributed by atoms with Crippen molar-refractivity contribution in [1.82, 2.24) is 14.6 Å². The van der Waals surface area contributed by atoms with Gasteiger partial charge in [0, 0.05) is 12.6 Å². The third kappa shape index (κ3) is 4.59. The van der Waals surface area contributed by atoms with E-state index < -0.39 is 32.4 Å². The lowest BCUT2D eigenvalue weighted by Gasteiger charge is -2.29. The molecule has 1 amide bonds. The summed E-state index contributed by atoms with van der Waals surface area (Å²) in [5.74, 6) is -0.811. The fourth-order valence-corrected chi connectivity index (χ4v) is 4.54. The van der Waals surface area contributed by atoms with Crippen LogP contribution < -0.4 is 10.9 Å². The van der Waals surface area contributed by atoms with E-state index in [0.29, 0.717) is 23.7 Å². The van der Waals surface area contributed by atoms with Crippen LogP contribution in [0.15, 0.2) is 28.0 Å². The molecule has 8 nitrogen and oxygen atoms in total. The highest BCUT2D eigenvalue weighted by Crippen LogP contribution is 2.22. The smallest absolute Gasteiger partial charge is 0.272 e. The first-order valence-electron chi connectivity index (χ1n) is 8.73. The summed E-state index contributed by atoms with van der Waals surface area (Å²) in [6, 6.07) is 1.44. The lowest BCUT2D eigenvalue weighted by molar-refractivity contribution is -0.133. The normalized spacial score (nSPS) is 18.6. The fraction of sp³-hybridized carbons (Fsp3) is 0.588. The zero-order valence-electron chi connectivity index (χ0n) is 15.0. The van der Waals surface area contributed by atoms with Crippen molar-refractivity contribution in [3.05, 3.63) is 28.7 Å². The minimum absolute atomic E-state index is 0.000700. The maximum Gasteiger partial charge on any atom is 0.272 e. The van der Waals surface area contributed by atoms with E-state index in [9.17, 15) is 22.8 Å². The summed E-state index contributed by atoms with van der Waals surface area (Å²) in [6.07, 6.45) is 2.61. The van der Waals surface area contributed by atoms with Gasteiger partial charge in [-0.2, -0.15) is 0 Å². The van der Waals surface area contributed by atoms with Crippen molar-refractivity contribution >= 4 is 21.7 Å². The Morgan fingerprint density at radius 3 is 2.73 bits per heavy atom. The molecule has 0 saturated carbocycles. The quantitative estimate of drug-likeness (QED) is 0.745. The Balaban J connectivity index is 2.48. The van der Waals surface area contributed by atoms with Gasteiger partial charge in [-0.15, -0.1) is 0 Å². The molecule has 2 rings (SSSR count). The molecule has 0 spiro atoms. The second-order valence-electron chi connectivity index (χ2n) is 6.79. The number of H-pyrrole nitrogens is 1. The van der Waals surface area contributed by atoms with Gasteiger partial charge in [0.15, 0.2) is 10.7 Å². The molecule has 1 aliphatic heterocycles. The second-order valence-corrected chi connectivity index (χ2v) is 8.58. The largest absolute Gasteiger partial charge is 0.328 e. The van der Waals surface area contributed by atoms with Gasteiger partial charge in [0.25, 0.3) is 15.6 Å². The number of amides is 1. The number of sulfonamides is 1. The van der Waals surface area contributed by atoms with Crippen LogP contribution in [0.1, 0.15) is 39.5 Å². The monoisotopic (exact) mass is 383 g/mol. The Labute approximate surface area is 153 Å². The van der Waals surface area contributed by atoms with E-state index in [0.717, 1.165) is 6.07 Å². The zero-order chi connectivity index (χ0) is 19.3. The van der Waals surface area contributed by atoms with E-state index in [4.69, 9.17) is 0 Å². The maximum absolute atomic E-state index is 13.1. The molecule has 2 heterocycles. The lowest BCUT2D eigenvalue weighted by atomic mass is 10.1. The van der Waals surface area contributed by atoms with E-state index in [-0.39, 0.29) is 31.1 Å². The van der Waals surface area contributed by atoms with Crippen molar-refractivity contribution < 1.29 is 18.0 Å². The molecule has 9 heteroatoms. The number of aromatic nitrogens is 1. The van der Waals surface area contributed by atoms with E-state index in [1.54, 1.807) is 0 Å². The molecule has 1 fully saturated rings. The van der Waals surface area contributed by atoms with Crippen molar-refractivity contribution in [1.29, 1.82) is 0 Å². The molecule has 0 unspecified atom stereocenters. The van der Waals surface area contributed by atoms with Gasteiger partial charge in [0.05, 0.1) is 6.54 Å². The molecule has 0 bridgehead atoms. The standard InChI is InChI=1S/C17H25N3O5S/c1-12(2)7-8-16(22)20(13-5-3-9-18-11-14(13)21)26(24,25)15-6-4-10-19-17(15)23/h4,6,10,12-13,18H,3,5,7-9,11H2,1-2H3,(H,19,23)/t13-/m0/s1. The van der Waals surface area contributed by atoms with Gasteiger partial charge in [-0.3, -0.25) is 14.4 Å². The first-order chi connectivity index (χ1) is 12.2. The molecule has 1 aliphatic rings. The number of aromatic amines is 1. The minimum atomic E-state index is -4.44. The van der Waals surface area contributed by atoms with Gasteiger partial charge in [0.2, 0.25) is 5.91 Å². The predicted octanol–water partition coefficient (Wildman–Crippen LogP) is 0.650. The van der Waals surface area contributed by atoms with Crippen LogP contribution in [-0.2, 0) is 19.6 Å². The maximum atomic E-state index is 13.1. The van der Waals surface area contributed by atoms with Crippen molar-refractivity contribution in [2.45, 2.75) is 50.5 Å². The molecule has 1 aromatic rings. The van der Waals surface area contributed by atoms with Crippen LogP contribution in [0.3, 0.4) is 0 Å². The summed E-state index contributed by atoms with van der Waals surface area (Å²) < 4.78 is 26.9. The van der Waals surface area contributed by atoms with Crippen molar-refractivity contribution in [3.63, 3.8) is 0 Å². The van der Waals surface area contributed by atoms with Crippen LogP contribution in [0, 0.1) is 5.92 Å². The molecule has 0 radical (unpaired) electrons. The Morgan fingerprint density at radius 1 is 1.35 bits per heavy atom. The molecule has 26 heavy (non-hydrogen) atoms. The highest BCUT2D eigenvalue weighted by Gasteiger charge is 2.40. The highest BCUT2D eigenvalue weighted by molar-refractivity contribution is 7.89. The molecule has 1 saturated heterocycles. The SMILES string of the molecule is CC(C)CCC(=O)N([C@H]1CCCNCC1=O)S(=O)(=O)c1ccc[nH]c1=O. The minimum Gasteiger partial charge on any atom is -0.328 e. The Hall–Kier alpha value is -2.00. The van der Waals surface area contributed by atoms with Gasteiger partial charge in [-0.1, -0.05) is 13.8 Å². The lowest BCUT2D eigenvalue weighted by Crippen LogP contribution is -2.50. The molecule has 2 N–H and O–H groups in total. The summed E-state index contributed by atoms with van der Waals surface area (Å²) in [7, 11) is -4.44. The fourth-order valence-electron chi connectivity index (χ4n) is 2.87. The number of rotatable bonds is 6. The average molecular weight is 383 g/mol. The number of carbonyl (C=O) groups excluding carboxylic acids is 2. The molecule has 1 aromatic heterocycles. The number of ketones is 1. The number of hydrogen-bond donors (Lipinski definition) is 2. The Bertz CT molecular complexity index is 816. The predicted molar refractivity (Wildman–Crippen MR) is 96.1 cm³/mol. The van der Waals surface area contributed by atoms with Crippen LogP contribution in [-0.4, -0.2) is 48.5 Å². The topological polar surface area (TPSA) is 116 Å². The molecule has 0 aliphatic carbocycles. The number of nitrogens with zero attached hydrogens (tertiary/aromatic N) is 1. The average Bonchev–Trinajstić information content (AvgIpc) is 2.78. The summed E-state index contributed by atoms with van der Waals surface area (Å²) in [5.41, 5.74) is -0.812. The van der Waals surface area contributed by atoms with Gasteiger partial charge >= 0.3 is 0 Å². The third-order valence-electron chi connectivity index (χ3n) is 4.29. The third-order valence-corrected chi connectivity index (χ3v) is 6.14. The summed E-state index contributed by atoms with van der Waals surface area (Å²) >= 11 is 0. The molecule has 0 aromatic carbocycles. The van der Waals surface area contributed by atoms with E-state index in [1.807, 2.05) is 13.8 Å². The van der Waals surface area contributed by atoms with Crippen LogP contribution in [0.25, 0.3) is 0 Å². The molecule has 144 valence electrons. The van der Waals surface area contributed by atoms with E-state index in [1.165, 1.54) is 12.3 Å². The second kappa shape index (κ2) is 8.59. The zero-order valence-corrected chi connectivity index (χ0v) is 15.8. The summed E-state index contributed by atoms with van der Waals surface area (Å²) in [4.78, 5) is 39.1. The van der Waals surface area contributed by atoms with Crippen LogP contribution in [0.2, 0.25) is 0 Å². The van der Waals surface area contributed by atoms with Gasteiger partial charge in [-0.05, 0) is 43.9 Å². The Kier molecular flexibility index (Phi) is 6.71. The number of pyridine rings is 1. The van der Waals surface area contributed by atoms with Crippen molar-refractivity contribution in [2.24, 2.45) is 5.92 Å². The van der Waals surface area contributed by atoms with Gasteiger partial charge in [0.1, 0.15) is 6.04 Å². The summed E-state index contributed by atoms with van der Waals surface area (Å²) in [5, 5.41) is 2.92. The highest BCUT2D eigenvalue weighted by atomic mass is 32.2. The van der Waals surface area contributed by atoms with E-state index in [2.05, 4.69) is 10.3 Å². The molecular weight excluding hydrogens is 358 g/mol. The number of carbonyl (C=O) groups is 2. The first kappa shape index (κ1) is 20.3. The van der Waals surface area contributed by atoms with E-state index >= 15 is 0 Å². The number of nitrogens with one attached hydrogen (secondary N) is 2. The van der Waals surface area contributed by atoms with Crippen LogP contribution in [0.4, 0.5) is 0 Å². The van der Waals surface area contributed by atoms with Crippen LogP contribution >= 0.6 is 0 Å². The van der Waals surface area contributed by atoms with Gasteiger partial charge in [-0.25, -0.2) is 12.7 Å². The van der Waals surface area contributed by atoms with Crippen molar-refractivity contribution in [3.8, 4) is 0 Å². The van der Waals surface area contributed by atoms with Crippen molar-refractivity contribution in [2.75, 3.05) is 13.1 Å². The number of Topliss-reactive ketones (excluding diaryl/α,β-unsaturated/α-hetero) is 1. The first-order valence-corrected chi connectivity index (χ1v) is 10.2. The van der Waals surface area contributed by atoms with Crippen LogP contribution in [0.5, 0.6) is 0 Å². The number of hydrogen-bond acceptors (Lipinski definition) is 6. The summed E-state index contributed by atoms with van der Waals surface area (Å²) in [6.45, 7) is 4.42. The van der Waals surface area contributed by atoms with Gasteiger partial charge < -0.3 is 10.3 Å².